The van der Waals surface area contributed by atoms with Gasteiger partial charge in [-0.15, -0.1) is 0 Å². The first-order chi connectivity index (χ1) is 6.59. The number of hydrogen-bond donors (Lipinski definition) is 0. The summed E-state index contributed by atoms with van der Waals surface area (Å²) in [5.41, 5.74) is 1.04. The number of rotatable bonds is 1. The van der Waals surface area contributed by atoms with E-state index in [-0.39, 0.29) is 0 Å². The monoisotopic (exact) mass is 260 g/mol. The molecule has 0 atom stereocenters. The van der Waals surface area contributed by atoms with Crippen LogP contribution in [0.5, 0.6) is 0 Å². The highest BCUT2D eigenvalue weighted by Gasteiger charge is 2.14. The largest absolute Gasteiger partial charge is 0.320 e. The van der Waals surface area contributed by atoms with Gasteiger partial charge in [0.25, 0.3) is 0 Å². The molecule has 1 aromatic carbocycles. The lowest BCUT2D eigenvalue weighted by Crippen LogP contribution is -1.99. The van der Waals surface area contributed by atoms with Gasteiger partial charge in [-0.25, -0.2) is 4.98 Å². The molecule has 0 aliphatic rings. The van der Waals surface area contributed by atoms with Gasteiger partial charge in [0.1, 0.15) is 5.82 Å². The highest BCUT2D eigenvalue weighted by Crippen LogP contribution is 2.25. The van der Waals surface area contributed by atoms with Crippen LogP contribution in [0.15, 0.2) is 22.7 Å². The van der Waals surface area contributed by atoms with Gasteiger partial charge in [-0.1, -0.05) is 15.9 Å². The van der Waals surface area contributed by atoms with Crippen molar-refractivity contribution in [2.75, 3.05) is 0 Å². The molecule has 5 heteroatoms. The molecule has 0 aliphatic heterocycles. The van der Waals surface area contributed by atoms with Crippen LogP contribution in [0.3, 0.4) is 0 Å². The van der Waals surface area contributed by atoms with Crippen molar-refractivity contribution in [3.8, 4) is 0 Å². The smallest absolute Gasteiger partial charge is 0.270 e. The minimum atomic E-state index is -2.55. The van der Waals surface area contributed by atoms with E-state index in [2.05, 4.69) is 20.9 Å². The van der Waals surface area contributed by atoms with E-state index in [0.717, 1.165) is 9.04 Å². The number of benzene rings is 1. The Morgan fingerprint density at radius 3 is 2.79 bits per heavy atom. The van der Waals surface area contributed by atoms with Crippen molar-refractivity contribution in [2.45, 2.75) is 13.5 Å². The Labute approximate surface area is 87.7 Å². The number of aromatic nitrogens is 2. The van der Waals surface area contributed by atoms with Crippen LogP contribution >= 0.6 is 15.9 Å². The molecule has 74 valence electrons. The maximum absolute atomic E-state index is 12.6. The molecular weight excluding hydrogens is 254 g/mol. The van der Waals surface area contributed by atoms with Gasteiger partial charge in [-0.05, 0) is 25.1 Å². The van der Waals surface area contributed by atoms with E-state index < -0.39 is 6.55 Å². The molecule has 0 radical (unpaired) electrons. The second-order valence-corrected chi connectivity index (χ2v) is 3.86. The summed E-state index contributed by atoms with van der Waals surface area (Å²) in [5, 5.41) is 0. The Morgan fingerprint density at radius 1 is 1.43 bits per heavy atom. The van der Waals surface area contributed by atoms with Gasteiger partial charge in [-0.3, -0.25) is 4.57 Å². The van der Waals surface area contributed by atoms with Crippen LogP contribution in [0, 0.1) is 6.92 Å². The number of nitrogens with zero attached hydrogens (tertiary/aromatic N) is 2. The zero-order chi connectivity index (χ0) is 10.3. The number of fused-ring (bicyclic) bond motifs is 1. The summed E-state index contributed by atoms with van der Waals surface area (Å²) in [7, 11) is 0. The van der Waals surface area contributed by atoms with E-state index >= 15 is 0 Å². The van der Waals surface area contributed by atoms with Crippen LogP contribution < -0.4 is 0 Å². The van der Waals surface area contributed by atoms with Gasteiger partial charge >= 0.3 is 6.55 Å². The van der Waals surface area contributed by atoms with E-state index in [1.807, 2.05) is 0 Å². The van der Waals surface area contributed by atoms with Crippen LogP contribution in [0.25, 0.3) is 11.0 Å². The van der Waals surface area contributed by atoms with Gasteiger partial charge < -0.3 is 0 Å². The van der Waals surface area contributed by atoms with Crippen LogP contribution in [0.1, 0.15) is 12.4 Å². The first-order valence-electron chi connectivity index (χ1n) is 4.02. The highest BCUT2D eigenvalue weighted by atomic mass is 79.9. The van der Waals surface area contributed by atoms with E-state index in [1.54, 1.807) is 25.1 Å². The predicted octanol–water partition coefficient (Wildman–Crippen LogP) is 3.50. The zero-order valence-corrected chi connectivity index (χ0v) is 8.92. The van der Waals surface area contributed by atoms with E-state index in [4.69, 9.17) is 0 Å². The lowest BCUT2D eigenvalue weighted by atomic mass is 10.3. The van der Waals surface area contributed by atoms with Crippen molar-refractivity contribution in [1.82, 2.24) is 9.55 Å². The fourth-order valence-corrected chi connectivity index (χ4v) is 1.78. The molecule has 2 aromatic rings. The third-order valence-electron chi connectivity index (χ3n) is 2.02. The number of imidazole rings is 1. The maximum atomic E-state index is 12.6. The van der Waals surface area contributed by atoms with Gasteiger partial charge in [0, 0.05) is 4.47 Å². The zero-order valence-electron chi connectivity index (χ0n) is 7.34. The summed E-state index contributed by atoms with van der Waals surface area (Å²) >= 11 is 3.24. The second-order valence-electron chi connectivity index (χ2n) is 2.94. The van der Waals surface area contributed by atoms with Crippen LogP contribution in [-0.4, -0.2) is 9.55 Å². The molecule has 0 fully saturated rings. The second kappa shape index (κ2) is 3.31. The van der Waals surface area contributed by atoms with Gasteiger partial charge in [-0.2, -0.15) is 8.78 Å². The molecule has 2 rings (SSSR count). The third-order valence-corrected chi connectivity index (χ3v) is 2.52. The minimum absolute atomic E-state index is 0.327. The summed E-state index contributed by atoms with van der Waals surface area (Å²) in [6.45, 7) is -0.977. The van der Waals surface area contributed by atoms with Gasteiger partial charge in [0.2, 0.25) is 0 Å². The van der Waals surface area contributed by atoms with Crippen LogP contribution in [0.4, 0.5) is 8.78 Å². The van der Waals surface area contributed by atoms with Crippen molar-refractivity contribution >= 4 is 27.0 Å². The Morgan fingerprint density at radius 2 is 2.14 bits per heavy atom. The Kier molecular flexibility index (Phi) is 2.26. The number of hydrogen-bond acceptors (Lipinski definition) is 1. The number of alkyl halides is 2. The fourth-order valence-electron chi connectivity index (χ4n) is 1.43. The standard InChI is InChI=1S/C9H7BrF2N2/c1-5-13-7-3-2-6(10)4-8(7)14(5)9(11)12/h2-4,9H,1H3. The van der Waals surface area contributed by atoms with E-state index in [1.165, 1.54) is 0 Å². The number of aryl methyl sites for hydroxylation is 1. The normalized spacial score (nSPS) is 11.5. The molecular formula is C9H7BrF2N2. The molecule has 0 aliphatic carbocycles. The summed E-state index contributed by atoms with van der Waals surface area (Å²) in [6, 6.07) is 5.14. The molecule has 14 heavy (non-hydrogen) atoms. The Hall–Kier alpha value is -0.970. The molecule has 0 amide bonds. The lowest BCUT2D eigenvalue weighted by molar-refractivity contribution is 0.0724. The Balaban J connectivity index is 2.79. The molecule has 1 aromatic heterocycles. The van der Waals surface area contributed by atoms with Gasteiger partial charge in [0.05, 0.1) is 11.0 Å². The van der Waals surface area contributed by atoms with Crippen molar-refractivity contribution in [2.24, 2.45) is 0 Å². The van der Waals surface area contributed by atoms with Crippen molar-refractivity contribution in [3.63, 3.8) is 0 Å². The molecule has 0 unspecified atom stereocenters. The first-order valence-corrected chi connectivity index (χ1v) is 4.81. The van der Waals surface area contributed by atoms with Crippen molar-refractivity contribution in [1.29, 1.82) is 0 Å². The first kappa shape index (κ1) is 9.58. The summed E-state index contributed by atoms with van der Waals surface area (Å²) in [6.07, 6.45) is 0. The average Bonchev–Trinajstić information content (AvgIpc) is 2.40. The summed E-state index contributed by atoms with van der Waals surface area (Å²) < 4.78 is 26.9. The van der Waals surface area contributed by atoms with E-state index in [9.17, 15) is 8.78 Å². The minimum Gasteiger partial charge on any atom is -0.270 e. The highest BCUT2D eigenvalue weighted by molar-refractivity contribution is 9.10. The van der Waals surface area contributed by atoms with E-state index in [0.29, 0.717) is 16.9 Å². The SMILES string of the molecule is Cc1nc2ccc(Br)cc2n1C(F)F. The summed E-state index contributed by atoms with van der Waals surface area (Å²) in [4.78, 5) is 4.04. The van der Waals surface area contributed by atoms with Crippen LogP contribution in [0.2, 0.25) is 0 Å². The molecule has 2 nitrogen and oxygen atoms in total. The van der Waals surface area contributed by atoms with Crippen molar-refractivity contribution in [3.05, 3.63) is 28.5 Å². The summed E-state index contributed by atoms with van der Waals surface area (Å²) in [5.74, 6) is 0.327. The quantitative estimate of drug-likeness (QED) is 0.768. The molecule has 0 bridgehead atoms. The number of halogens is 3. The molecule has 1 heterocycles. The lowest BCUT2D eigenvalue weighted by Gasteiger charge is -2.03. The van der Waals surface area contributed by atoms with Gasteiger partial charge in [0.15, 0.2) is 0 Å². The maximum Gasteiger partial charge on any atom is 0.320 e. The molecule has 0 saturated carbocycles. The topological polar surface area (TPSA) is 17.8 Å². The molecule has 0 N–H and O–H groups in total. The molecule has 0 saturated heterocycles. The Bertz CT molecular complexity index is 479. The average molecular weight is 261 g/mol. The fraction of sp³-hybridized carbons (Fsp3) is 0.222. The third kappa shape index (κ3) is 1.41. The van der Waals surface area contributed by atoms with Crippen LogP contribution in [-0.2, 0) is 0 Å². The van der Waals surface area contributed by atoms with Crippen molar-refractivity contribution < 1.29 is 8.78 Å². The molecule has 0 spiro atoms. The predicted molar refractivity (Wildman–Crippen MR) is 53.4 cm³/mol.